The molecule has 126 valence electrons. The number of carbonyl (C=O) groups is 1. The van der Waals surface area contributed by atoms with Gasteiger partial charge in [0.15, 0.2) is 0 Å². The molecule has 25 heavy (non-hydrogen) atoms. The van der Waals surface area contributed by atoms with Crippen LogP contribution >= 0.6 is 27.5 Å². The molecule has 2 heterocycles. The molecular formula is C19H15BrClN3O. The standard InChI is InChI=1S/C19H15BrClN3O/c20-13-5-8-16(21)15(10-13)19(25)23-14-6-3-12(4-7-14)17-11-22-18-2-1-9-24(17)18/h3-8,10-11H,1-2,9H2,(H,23,25). The van der Waals surface area contributed by atoms with Gasteiger partial charge in [-0.1, -0.05) is 39.7 Å². The molecule has 1 aliphatic rings. The lowest BCUT2D eigenvalue weighted by molar-refractivity contribution is 0.102. The third-order valence-corrected chi connectivity index (χ3v) is 5.15. The molecule has 4 nitrogen and oxygen atoms in total. The number of fused-ring (bicyclic) bond motifs is 1. The number of rotatable bonds is 3. The van der Waals surface area contributed by atoms with Crippen LogP contribution in [0.15, 0.2) is 53.1 Å². The Morgan fingerprint density at radius 1 is 1.20 bits per heavy atom. The molecule has 1 N–H and O–H groups in total. The molecular weight excluding hydrogens is 402 g/mol. The minimum Gasteiger partial charge on any atom is -0.328 e. The Morgan fingerprint density at radius 3 is 2.80 bits per heavy atom. The van der Waals surface area contributed by atoms with E-state index in [0.29, 0.717) is 10.6 Å². The van der Waals surface area contributed by atoms with Crippen molar-refractivity contribution in [2.45, 2.75) is 19.4 Å². The third-order valence-electron chi connectivity index (χ3n) is 4.33. The van der Waals surface area contributed by atoms with E-state index in [2.05, 4.69) is 30.8 Å². The molecule has 1 aromatic heterocycles. The van der Waals surface area contributed by atoms with E-state index >= 15 is 0 Å². The predicted octanol–water partition coefficient (Wildman–Crippen LogP) is 5.16. The zero-order valence-corrected chi connectivity index (χ0v) is 15.6. The lowest BCUT2D eigenvalue weighted by Crippen LogP contribution is -2.12. The van der Waals surface area contributed by atoms with Gasteiger partial charge in [0, 0.05) is 23.1 Å². The van der Waals surface area contributed by atoms with Gasteiger partial charge < -0.3 is 9.88 Å². The van der Waals surface area contributed by atoms with Gasteiger partial charge in [-0.3, -0.25) is 4.79 Å². The smallest absolute Gasteiger partial charge is 0.257 e. The number of carbonyl (C=O) groups excluding carboxylic acids is 1. The summed E-state index contributed by atoms with van der Waals surface area (Å²) in [4.78, 5) is 16.9. The number of hydrogen-bond donors (Lipinski definition) is 1. The Labute approximate surface area is 159 Å². The van der Waals surface area contributed by atoms with Crippen LogP contribution in [0.4, 0.5) is 5.69 Å². The lowest BCUT2D eigenvalue weighted by atomic mass is 10.1. The number of nitrogens with zero attached hydrogens (tertiary/aromatic N) is 2. The number of aromatic nitrogens is 2. The number of halogens is 2. The number of benzene rings is 2. The molecule has 0 bridgehead atoms. The van der Waals surface area contributed by atoms with Crippen LogP contribution in [0.2, 0.25) is 5.02 Å². The molecule has 6 heteroatoms. The highest BCUT2D eigenvalue weighted by Gasteiger charge is 2.16. The molecule has 0 saturated carbocycles. The van der Waals surface area contributed by atoms with Crippen molar-refractivity contribution in [1.82, 2.24) is 9.55 Å². The second kappa shape index (κ2) is 6.65. The average molecular weight is 417 g/mol. The van der Waals surface area contributed by atoms with Gasteiger partial charge >= 0.3 is 0 Å². The van der Waals surface area contributed by atoms with Gasteiger partial charge in [0.05, 0.1) is 22.5 Å². The zero-order valence-electron chi connectivity index (χ0n) is 13.3. The maximum Gasteiger partial charge on any atom is 0.257 e. The second-order valence-corrected chi connectivity index (χ2v) is 7.29. The molecule has 2 aromatic carbocycles. The molecule has 0 radical (unpaired) electrons. The Hall–Kier alpha value is -2.11. The maximum atomic E-state index is 12.4. The molecule has 0 atom stereocenters. The number of aryl methyl sites for hydroxylation is 1. The molecule has 0 aliphatic carbocycles. The first-order chi connectivity index (χ1) is 12.1. The van der Waals surface area contributed by atoms with Gasteiger partial charge in [0.1, 0.15) is 5.82 Å². The van der Waals surface area contributed by atoms with Crippen LogP contribution in [0.25, 0.3) is 11.3 Å². The minimum absolute atomic E-state index is 0.232. The topological polar surface area (TPSA) is 46.9 Å². The molecule has 1 amide bonds. The number of nitrogens with one attached hydrogen (secondary N) is 1. The van der Waals surface area contributed by atoms with Gasteiger partial charge in [-0.25, -0.2) is 4.98 Å². The van der Waals surface area contributed by atoms with E-state index in [0.717, 1.165) is 46.6 Å². The summed E-state index contributed by atoms with van der Waals surface area (Å²) in [5, 5.41) is 3.31. The van der Waals surface area contributed by atoms with Crippen molar-refractivity contribution < 1.29 is 4.79 Å². The summed E-state index contributed by atoms with van der Waals surface area (Å²) >= 11 is 9.47. The van der Waals surface area contributed by atoms with Gasteiger partial charge in [0.25, 0.3) is 5.91 Å². The first-order valence-electron chi connectivity index (χ1n) is 8.03. The Bertz CT molecular complexity index is 950. The first kappa shape index (κ1) is 16.4. The van der Waals surface area contributed by atoms with Crippen molar-refractivity contribution in [2.75, 3.05) is 5.32 Å². The highest BCUT2D eigenvalue weighted by atomic mass is 79.9. The summed E-state index contributed by atoms with van der Waals surface area (Å²) in [5.74, 6) is 0.918. The Balaban J connectivity index is 1.54. The van der Waals surface area contributed by atoms with Crippen LogP contribution in [-0.2, 0) is 13.0 Å². The van der Waals surface area contributed by atoms with Gasteiger partial charge in [0.2, 0.25) is 0 Å². The van der Waals surface area contributed by atoms with Crippen molar-refractivity contribution in [3.63, 3.8) is 0 Å². The summed E-state index contributed by atoms with van der Waals surface area (Å²) < 4.78 is 3.07. The van der Waals surface area contributed by atoms with Crippen molar-refractivity contribution >= 4 is 39.1 Å². The van der Waals surface area contributed by atoms with E-state index in [1.807, 2.05) is 30.5 Å². The summed E-state index contributed by atoms with van der Waals surface area (Å²) in [6.07, 6.45) is 4.11. The fourth-order valence-corrected chi connectivity index (χ4v) is 3.65. The largest absolute Gasteiger partial charge is 0.328 e. The summed E-state index contributed by atoms with van der Waals surface area (Å²) in [5.41, 5.74) is 3.39. The molecule has 3 aromatic rings. The quantitative estimate of drug-likeness (QED) is 0.640. The minimum atomic E-state index is -0.232. The summed E-state index contributed by atoms with van der Waals surface area (Å²) in [6.45, 7) is 1.02. The van der Waals surface area contributed by atoms with Crippen LogP contribution in [0.3, 0.4) is 0 Å². The normalized spacial score (nSPS) is 12.9. The highest BCUT2D eigenvalue weighted by molar-refractivity contribution is 9.10. The van der Waals surface area contributed by atoms with E-state index in [1.54, 1.807) is 18.2 Å². The SMILES string of the molecule is O=C(Nc1ccc(-c2cnc3n2CCC3)cc1)c1cc(Br)ccc1Cl. The third kappa shape index (κ3) is 3.22. The second-order valence-electron chi connectivity index (χ2n) is 5.97. The maximum absolute atomic E-state index is 12.4. The molecule has 0 unspecified atom stereocenters. The molecule has 0 spiro atoms. The number of anilines is 1. The molecule has 4 rings (SSSR count). The van der Waals surface area contributed by atoms with E-state index in [9.17, 15) is 4.79 Å². The Kier molecular flexibility index (Phi) is 4.36. The molecule has 0 fully saturated rings. The number of amides is 1. The van der Waals surface area contributed by atoms with Gasteiger partial charge in [-0.05, 0) is 42.3 Å². The van der Waals surface area contributed by atoms with Gasteiger partial charge in [-0.2, -0.15) is 0 Å². The van der Waals surface area contributed by atoms with Crippen molar-refractivity contribution in [3.8, 4) is 11.3 Å². The number of hydrogen-bond acceptors (Lipinski definition) is 2. The van der Waals surface area contributed by atoms with E-state index in [4.69, 9.17) is 11.6 Å². The first-order valence-corrected chi connectivity index (χ1v) is 9.20. The monoisotopic (exact) mass is 415 g/mol. The lowest BCUT2D eigenvalue weighted by Gasteiger charge is -2.09. The number of imidazole rings is 1. The van der Waals surface area contributed by atoms with Crippen LogP contribution in [0.1, 0.15) is 22.6 Å². The van der Waals surface area contributed by atoms with Crippen molar-refractivity contribution in [1.29, 1.82) is 0 Å². The van der Waals surface area contributed by atoms with Crippen molar-refractivity contribution in [2.24, 2.45) is 0 Å². The Morgan fingerprint density at radius 2 is 2.00 bits per heavy atom. The summed E-state index contributed by atoms with van der Waals surface area (Å²) in [7, 11) is 0. The van der Waals surface area contributed by atoms with Crippen molar-refractivity contribution in [3.05, 3.63) is 69.5 Å². The highest BCUT2D eigenvalue weighted by Crippen LogP contribution is 2.27. The van der Waals surface area contributed by atoms with Gasteiger partial charge in [-0.15, -0.1) is 0 Å². The van der Waals surface area contributed by atoms with E-state index in [1.165, 1.54) is 0 Å². The van der Waals surface area contributed by atoms with Crippen LogP contribution in [0, 0.1) is 0 Å². The average Bonchev–Trinajstić information content (AvgIpc) is 3.21. The summed E-state index contributed by atoms with van der Waals surface area (Å²) in [6, 6.07) is 13.0. The van der Waals surface area contributed by atoms with E-state index in [-0.39, 0.29) is 5.91 Å². The fourth-order valence-electron chi connectivity index (χ4n) is 3.08. The van der Waals surface area contributed by atoms with E-state index < -0.39 is 0 Å². The predicted molar refractivity (Wildman–Crippen MR) is 103 cm³/mol. The molecule has 0 saturated heterocycles. The fraction of sp³-hybridized carbons (Fsp3) is 0.158. The molecule has 1 aliphatic heterocycles. The zero-order chi connectivity index (χ0) is 17.4. The van der Waals surface area contributed by atoms with Crippen LogP contribution < -0.4 is 5.32 Å². The van der Waals surface area contributed by atoms with Crippen LogP contribution in [0.5, 0.6) is 0 Å². The van der Waals surface area contributed by atoms with Crippen LogP contribution in [-0.4, -0.2) is 15.5 Å².